The van der Waals surface area contributed by atoms with Crippen LogP contribution in [0, 0.1) is 11.2 Å². The Labute approximate surface area is 136 Å². The lowest BCUT2D eigenvalue weighted by molar-refractivity contribution is -0.123. The molecule has 0 spiro atoms. The van der Waals surface area contributed by atoms with Crippen molar-refractivity contribution in [3.05, 3.63) is 52.9 Å². The highest BCUT2D eigenvalue weighted by molar-refractivity contribution is 6.24. The normalized spacial score (nSPS) is 15.5. The zero-order chi connectivity index (χ0) is 17.2. The maximum Gasteiger partial charge on any atom is 0.239 e. The average Bonchev–Trinajstić information content (AvgIpc) is 2.47. The van der Waals surface area contributed by atoms with Gasteiger partial charge >= 0.3 is 0 Å². The lowest BCUT2D eigenvalue weighted by Gasteiger charge is -2.34. The molecule has 3 nitrogen and oxygen atoms in total. The van der Waals surface area contributed by atoms with E-state index in [-0.39, 0.29) is 17.0 Å². The van der Waals surface area contributed by atoms with Crippen LogP contribution >= 0.6 is 0 Å². The van der Waals surface area contributed by atoms with Crippen LogP contribution in [0.25, 0.3) is 0 Å². The van der Waals surface area contributed by atoms with E-state index in [2.05, 4.69) is 5.32 Å². The number of benzene rings is 1. The van der Waals surface area contributed by atoms with Crippen LogP contribution in [0.4, 0.5) is 10.1 Å². The van der Waals surface area contributed by atoms with Crippen LogP contribution < -0.4 is 5.32 Å². The molecule has 0 saturated carbocycles. The fourth-order valence-electron chi connectivity index (χ4n) is 2.65. The van der Waals surface area contributed by atoms with E-state index in [1.165, 1.54) is 12.1 Å². The summed E-state index contributed by atoms with van der Waals surface area (Å²) >= 11 is 0. The monoisotopic (exact) mass is 315 g/mol. The summed E-state index contributed by atoms with van der Waals surface area (Å²) in [5.41, 5.74) is 1.09. The summed E-state index contributed by atoms with van der Waals surface area (Å²) < 4.78 is 13.9. The highest BCUT2D eigenvalue weighted by atomic mass is 19.1. The second-order valence-corrected chi connectivity index (χ2v) is 6.50. The number of ketones is 1. The number of nitrogens with one attached hydrogen (secondary N) is 1. The average molecular weight is 315 g/mol. The van der Waals surface area contributed by atoms with Gasteiger partial charge in [-0.2, -0.15) is 0 Å². The number of Topliss-reactive ketones (excluding diaryl/α,β-unsaturated/α-hetero) is 1. The van der Waals surface area contributed by atoms with Crippen molar-refractivity contribution >= 4 is 17.4 Å². The van der Waals surface area contributed by atoms with E-state index in [9.17, 15) is 14.0 Å². The molecule has 0 aliphatic carbocycles. The molecular formula is C19H22FNO2. The number of allylic oxidation sites excluding steroid dienone is 4. The molecule has 1 aromatic rings. The standard InChI is InChI=1S/C19H22FNO2/c1-12(2)8-10-19(11-9-13(3)4)17(22)14-6-5-7-15(20)16(14)21-18(19)23/h5-9H,10-11H2,1-4H3,(H,21,23). The molecule has 0 fully saturated rings. The Morgan fingerprint density at radius 2 is 1.65 bits per heavy atom. The molecule has 23 heavy (non-hydrogen) atoms. The summed E-state index contributed by atoms with van der Waals surface area (Å²) in [6.07, 6.45) is 4.39. The van der Waals surface area contributed by atoms with Crippen LogP contribution in [0.2, 0.25) is 0 Å². The molecule has 0 radical (unpaired) electrons. The Morgan fingerprint density at radius 1 is 1.09 bits per heavy atom. The Bertz CT molecular complexity index is 688. The lowest BCUT2D eigenvalue weighted by atomic mass is 9.71. The third-order valence-corrected chi connectivity index (χ3v) is 4.08. The smallest absolute Gasteiger partial charge is 0.239 e. The highest BCUT2D eigenvalue weighted by Gasteiger charge is 2.48. The molecule has 0 bridgehead atoms. The third kappa shape index (κ3) is 3.26. The first-order valence-corrected chi connectivity index (χ1v) is 7.69. The maximum absolute atomic E-state index is 13.9. The van der Waals surface area contributed by atoms with Crippen LogP contribution in [0.3, 0.4) is 0 Å². The van der Waals surface area contributed by atoms with Gasteiger partial charge in [-0.1, -0.05) is 29.4 Å². The summed E-state index contributed by atoms with van der Waals surface area (Å²) in [7, 11) is 0. The third-order valence-electron chi connectivity index (χ3n) is 4.08. The number of hydrogen-bond acceptors (Lipinski definition) is 2. The first-order valence-electron chi connectivity index (χ1n) is 7.69. The second kappa shape index (κ2) is 6.49. The minimum atomic E-state index is -1.21. The van der Waals surface area contributed by atoms with Gasteiger partial charge in [0.1, 0.15) is 11.2 Å². The Kier molecular flexibility index (Phi) is 4.83. The summed E-state index contributed by atoms with van der Waals surface area (Å²) in [4.78, 5) is 25.7. The molecule has 0 atom stereocenters. The van der Waals surface area contributed by atoms with Gasteiger partial charge in [0.05, 0.1) is 5.69 Å². The summed E-state index contributed by atoms with van der Waals surface area (Å²) in [5, 5.41) is 2.60. The molecule has 2 rings (SSSR count). The van der Waals surface area contributed by atoms with Crippen molar-refractivity contribution in [2.75, 3.05) is 5.32 Å². The molecule has 0 saturated heterocycles. The van der Waals surface area contributed by atoms with E-state index in [1.54, 1.807) is 6.07 Å². The van der Waals surface area contributed by atoms with Gasteiger partial charge in [0, 0.05) is 5.56 Å². The van der Waals surface area contributed by atoms with Crippen molar-refractivity contribution in [1.82, 2.24) is 0 Å². The number of carbonyl (C=O) groups is 2. The van der Waals surface area contributed by atoms with E-state index in [1.807, 2.05) is 39.8 Å². The topological polar surface area (TPSA) is 46.2 Å². The fraction of sp³-hybridized carbons (Fsp3) is 0.368. The van der Waals surface area contributed by atoms with E-state index in [0.29, 0.717) is 12.8 Å². The molecule has 1 aliphatic rings. The molecule has 0 unspecified atom stereocenters. The zero-order valence-corrected chi connectivity index (χ0v) is 14.0. The Morgan fingerprint density at radius 3 is 2.17 bits per heavy atom. The van der Waals surface area contributed by atoms with E-state index < -0.39 is 17.1 Å². The Balaban J connectivity index is 2.57. The van der Waals surface area contributed by atoms with Gasteiger partial charge in [-0.05, 0) is 52.7 Å². The van der Waals surface area contributed by atoms with Gasteiger partial charge in [-0.25, -0.2) is 4.39 Å². The molecule has 0 aromatic heterocycles. The molecule has 122 valence electrons. The van der Waals surface area contributed by atoms with Crippen LogP contribution in [-0.2, 0) is 4.79 Å². The van der Waals surface area contributed by atoms with Gasteiger partial charge < -0.3 is 5.32 Å². The molecule has 1 aliphatic heterocycles. The number of rotatable bonds is 4. The number of amides is 1. The number of hydrogen-bond donors (Lipinski definition) is 1. The first kappa shape index (κ1) is 17.1. The fourth-order valence-corrected chi connectivity index (χ4v) is 2.65. The van der Waals surface area contributed by atoms with Crippen LogP contribution in [0.5, 0.6) is 0 Å². The minimum absolute atomic E-state index is 0.00692. The number of anilines is 1. The second-order valence-electron chi connectivity index (χ2n) is 6.50. The van der Waals surface area contributed by atoms with Crippen molar-refractivity contribution in [1.29, 1.82) is 0 Å². The van der Waals surface area contributed by atoms with Crippen LogP contribution in [-0.4, -0.2) is 11.7 Å². The lowest BCUT2D eigenvalue weighted by Crippen LogP contribution is -2.47. The minimum Gasteiger partial charge on any atom is -0.322 e. The largest absolute Gasteiger partial charge is 0.322 e. The van der Waals surface area contributed by atoms with Crippen molar-refractivity contribution in [2.24, 2.45) is 5.41 Å². The van der Waals surface area contributed by atoms with E-state index >= 15 is 0 Å². The predicted molar refractivity (Wildman–Crippen MR) is 89.9 cm³/mol. The molecule has 1 N–H and O–H groups in total. The summed E-state index contributed by atoms with van der Waals surface area (Å²) in [5.74, 6) is -1.33. The van der Waals surface area contributed by atoms with Gasteiger partial charge in [0.2, 0.25) is 5.91 Å². The maximum atomic E-state index is 13.9. The van der Waals surface area contributed by atoms with Gasteiger partial charge in [0.15, 0.2) is 5.78 Å². The van der Waals surface area contributed by atoms with E-state index in [0.717, 1.165) is 11.1 Å². The molecule has 1 heterocycles. The summed E-state index contributed by atoms with van der Waals surface area (Å²) in [6, 6.07) is 4.31. The molecule has 4 heteroatoms. The SMILES string of the molecule is CC(C)=CCC1(CC=C(C)C)C(=O)Nc2c(F)cccc2C1=O. The highest BCUT2D eigenvalue weighted by Crippen LogP contribution is 2.41. The molecular weight excluding hydrogens is 293 g/mol. The van der Waals surface area contributed by atoms with Crippen molar-refractivity contribution in [2.45, 2.75) is 40.5 Å². The molecule has 1 amide bonds. The van der Waals surface area contributed by atoms with Crippen LogP contribution in [0.15, 0.2) is 41.5 Å². The van der Waals surface area contributed by atoms with Gasteiger partial charge in [-0.3, -0.25) is 9.59 Å². The predicted octanol–water partition coefficient (Wildman–Crippen LogP) is 4.66. The van der Waals surface area contributed by atoms with Crippen molar-refractivity contribution < 1.29 is 14.0 Å². The van der Waals surface area contributed by atoms with E-state index in [4.69, 9.17) is 0 Å². The quantitative estimate of drug-likeness (QED) is 0.649. The van der Waals surface area contributed by atoms with Gasteiger partial charge in [-0.15, -0.1) is 0 Å². The first-order chi connectivity index (χ1) is 10.8. The Hall–Kier alpha value is -2.23. The van der Waals surface area contributed by atoms with Crippen LogP contribution in [0.1, 0.15) is 50.9 Å². The summed E-state index contributed by atoms with van der Waals surface area (Å²) in [6.45, 7) is 7.70. The van der Waals surface area contributed by atoms with Gasteiger partial charge in [0.25, 0.3) is 0 Å². The van der Waals surface area contributed by atoms with Crippen molar-refractivity contribution in [3.63, 3.8) is 0 Å². The number of fused-ring (bicyclic) bond motifs is 1. The zero-order valence-electron chi connectivity index (χ0n) is 14.0. The number of halogens is 1. The number of carbonyl (C=O) groups excluding carboxylic acids is 2. The number of para-hydroxylation sites is 1. The molecule has 1 aromatic carbocycles. The van der Waals surface area contributed by atoms with Crippen molar-refractivity contribution in [3.8, 4) is 0 Å².